The maximum absolute atomic E-state index is 10.7. The van der Waals surface area contributed by atoms with E-state index in [1.165, 1.54) is 12.1 Å². The van der Waals surface area contributed by atoms with Gasteiger partial charge in [-0.05, 0) is 18.2 Å². The highest BCUT2D eigenvalue weighted by molar-refractivity contribution is 5.77. The van der Waals surface area contributed by atoms with Crippen molar-refractivity contribution in [2.45, 2.75) is 6.42 Å². The molecule has 0 radical (unpaired) electrons. The number of hydrogen-bond donors (Lipinski definition) is 1. The van der Waals surface area contributed by atoms with Gasteiger partial charge >= 0.3 is 0 Å². The summed E-state index contributed by atoms with van der Waals surface area (Å²) in [5.41, 5.74) is 1.93. The van der Waals surface area contributed by atoms with Gasteiger partial charge in [0.25, 0.3) is 11.7 Å². The number of fused-ring (bicyclic) bond motifs is 1. The van der Waals surface area contributed by atoms with Crippen LogP contribution in [0.15, 0.2) is 47.0 Å². The monoisotopic (exact) mass is 284 g/mol. The number of nitrogens with one attached hydrogen (secondary N) is 1. The summed E-state index contributed by atoms with van der Waals surface area (Å²) >= 11 is 0. The second-order valence-electron chi connectivity index (χ2n) is 4.43. The minimum atomic E-state index is -0.462. The van der Waals surface area contributed by atoms with E-state index in [0.29, 0.717) is 23.7 Å². The number of rotatable bonds is 5. The van der Waals surface area contributed by atoms with Gasteiger partial charge in [-0.2, -0.15) is 4.98 Å². The molecule has 0 atom stereocenters. The number of benzene rings is 1. The molecule has 0 saturated carbocycles. The molecule has 0 amide bonds. The molecule has 2 heterocycles. The lowest BCUT2D eigenvalue weighted by molar-refractivity contribution is -0.384. The van der Waals surface area contributed by atoms with Crippen LogP contribution in [0.2, 0.25) is 0 Å². The van der Waals surface area contributed by atoms with Gasteiger partial charge < -0.3 is 9.73 Å². The molecular weight excluding hydrogens is 272 g/mol. The van der Waals surface area contributed by atoms with Crippen LogP contribution in [0.4, 0.5) is 11.7 Å². The minimum Gasteiger partial charge on any atom is -0.423 e. The molecule has 0 aliphatic rings. The zero-order chi connectivity index (χ0) is 14.7. The molecule has 3 aromatic rings. The van der Waals surface area contributed by atoms with Crippen molar-refractivity contribution in [3.8, 4) is 0 Å². The molecule has 0 bridgehead atoms. The van der Waals surface area contributed by atoms with E-state index in [2.05, 4.69) is 15.3 Å². The van der Waals surface area contributed by atoms with E-state index in [4.69, 9.17) is 4.42 Å². The first-order chi connectivity index (χ1) is 10.2. The number of nitro groups is 1. The van der Waals surface area contributed by atoms with E-state index in [1.54, 1.807) is 12.3 Å². The molecule has 0 unspecified atom stereocenters. The standard InChI is InChI=1S/C14H12N4O3/c19-18(20)11-4-5-12-13(9-11)21-14(17-12)16-8-6-10-3-1-2-7-15-10/h1-5,7,9H,6,8H2,(H,16,17). The number of pyridine rings is 1. The fourth-order valence-electron chi connectivity index (χ4n) is 1.95. The summed E-state index contributed by atoms with van der Waals surface area (Å²) in [5, 5.41) is 13.7. The quantitative estimate of drug-likeness (QED) is 0.572. The summed E-state index contributed by atoms with van der Waals surface area (Å²) in [6.45, 7) is 0.617. The summed E-state index contributed by atoms with van der Waals surface area (Å²) in [7, 11) is 0. The second kappa shape index (κ2) is 5.58. The SMILES string of the molecule is O=[N+]([O-])c1ccc2nc(NCCc3ccccn3)oc2c1. The van der Waals surface area contributed by atoms with Crippen molar-refractivity contribution in [1.29, 1.82) is 0 Å². The minimum absolute atomic E-state index is 0.0151. The van der Waals surface area contributed by atoms with Crippen molar-refractivity contribution in [1.82, 2.24) is 9.97 Å². The average molecular weight is 284 g/mol. The predicted octanol–water partition coefficient (Wildman–Crippen LogP) is 2.79. The van der Waals surface area contributed by atoms with Crippen molar-refractivity contribution in [3.05, 3.63) is 58.4 Å². The molecule has 7 heteroatoms. The molecule has 0 saturated heterocycles. The van der Waals surface area contributed by atoms with Crippen LogP contribution in [0.25, 0.3) is 11.1 Å². The number of nitrogens with zero attached hydrogens (tertiary/aromatic N) is 3. The Bertz CT molecular complexity index is 770. The summed E-state index contributed by atoms with van der Waals surface area (Å²) in [5.74, 6) is 0. The lowest BCUT2D eigenvalue weighted by Crippen LogP contribution is -2.05. The van der Waals surface area contributed by atoms with E-state index in [-0.39, 0.29) is 5.69 Å². The molecule has 1 N–H and O–H groups in total. The van der Waals surface area contributed by atoms with E-state index in [1.807, 2.05) is 18.2 Å². The van der Waals surface area contributed by atoms with Crippen LogP contribution in [0.5, 0.6) is 0 Å². The fraction of sp³-hybridized carbons (Fsp3) is 0.143. The van der Waals surface area contributed by atoms with E-state index in [9.17, 15) is 10.1 Å². The first-order valence-electron chi connectivity index (χ1n) is 6.41. The van der Waals surface area contributed by atoms with Gasteiger partial charge in [0.05, 0.1) is 11.0 Å². The zero-order valence-corrected chi connectivity index (χ0v) is 11.0. The third kappa shape index (κ3) is 2.97. The molecule has 0 fully saturated rings. The summed E-state index contributed by atoms with van der Waals surface area (Å²) in [6.07, 6.45) is 2.48. The zero-order valence-electron chi connectivity index (χ0n) is 11.0. The maximum atomic E-state index is 10.7. The van der Waals surface area contributed by atoms with E-state index in [0.717, 1.165) is 12.1 Å². The largest absolute Gasteiger partial charge is 0.423 e. The normalized spacial score (nSPS) is 10.7. The topological polar surface area (TPSA) is 94.1 Å². The molecular formula is C14H12N4O3. The lowest BCUT2D eigenvalue weighted by atomic mass is 10.3. The lowest BCUT2D eigenvalue weighted by Gasteiger charge is -2.00. The average Bonchev–Trinajstić information content (AvgIpc) is 2.90. The molecule has 0 aliphatic heterocycles. The van der Waals surface area contributed by atoms with E-state index >= 15 is 0 Å². The van der Waals surface area contributed by atoms with E-state index < -0.39 is 4.92 Å². The van der Waals surface area contributed by atoms with Crippen molar-refractivity contribution in [2.75, 3.05) is 11.9 Å². The van der Waals surface area contributed by atoms with Crippen molar-refractivity contribution in [3.63, 3.8) is 0 Å². The number of anilines is 1. The maximum Gasteiger partial charge on any atom is 0.295 e. The predicted molar refractivity (Wildman–Crippen MR) is 77.1 cm³/mol. The molecule has 2 aromatic heterocycles. The van der Waals surface area contributed by atoms with Gasteiger partial charge in [0.15, 0.2) is 5.58 Å². The van der Waals surface area contributed by atoms with Gasteiger partial charge in [0, 0.05) is 30.9 Å². The Hall–Kier alpha value is -2.96. The Morgan fingerprint density at radius 2 is 2.19 bits per heavy atom. The molecule has 7 nitrogen and oxygen atoms in total. The van der Waals surface area contributed by atoms with Crippen molar-refractivity contribution < 1.29 is 9.34 Å². The molecule has 1 aromatic carbocycles. The Kier molecular flexibility index (Phi) is 3.46. The molecule has 21 heavy (non-hydrogen) atoms. The number of oxazole rings is 1. The Balaban J connectivity index is 1.68. The van der Waals surface area contributed by atoms with Crippen LogP contribution in [0, 0.1) is 10.1 Å². The number of nitro benzene ring substituents is 1. The second-order valence-corrected chi connectivity index (χ2v) is 4.43. The Labute approximate surface area is 119 Å². The summed E-state index contributed by atoms with van der Waals surface area (Å²) in [4.78, 5) is 18.7. The van der Waals surface area contributed by atoms with Crippen LogP contribution in [-0.2, 0) is 6.42 Å². The van der Waals surface area contributed by atoms with Crippen LogP contribution in [0.3, 0.4) is 0 Å². The summed E-state index contributed by atoms with van der Waals surface area (Å²) < 4.78 is 5.45. The van der Waals surface area contributed by atoms with Gasteiger partial charge in [0.1, 0.15) is 5.52 Å². The third-order valence-corrected chi connectivity index (χ3v) is 2.97. The molecule has 3 rings (SSSR count). The summed E-state index contributed by atoms with van der Waals surface area (Å²) in [6, 6.07) is 10.4. The first-order valence-corrected chi connectivity index (χ1v) is 6.41. The molecule has 0 aliphatic carbocycles. The number of aromatic nitrogens is 2. The Morgan fingerprint density at radius 3 is 2.95 bits per heavy atom. The molecule has 106 valence electrons. The smallest absolute Gasteiger partial charge is 0.295 e. The van der Waals surface area contributed by atoms with Crippen LogP contribution in [-0.4, -0.2) is 21.4 Å². The number of non-ortho nitro benzene ring substituents is 1. The highest BCUT2D eigenvalue weighted by Gasteiger charge is 2.11. The van der Waals surface area contributed by atoms with Gasteiger partial charge in [-0.3, -0.25) is 15.1 Å². The van der Waals surface area contributed by atoms with Crippen LogP contribution >= 0.6 is 0 Å². The number of hydrogen-bond acceptors (Lipinski definition) is 6. The van der Waals surface area contributed by atoms with Gasteiger partial charge in [-0.15, -0.1) is 0 Å². The van der Waals surface area contributed by atoms with Crippen LogP contribution in [0.1, 0.15) is 5.69 Å². The van der Waals surface area contributed by atoms with Crippen molar-refractivity contribution in [2.24, 2.45) is 0 Å². The van der Waals surface area contributed by atoms with Crippen molar-refractivity contribution >= 4 is 22.8 Å². The first kappa shape index (κ1) is 13.0. The highest BCUT2D eigenvalue weighted by atomic mass is 16.6. The van der Waals surface area contributed by atoms with Gasteiger partial charge in [-0.25, -0.2) is 0 Å². The molecule has 0 spiro atoms. The highest BCUT2D eigenvalue weighted by Crippen LogP contribution is 2.23. The fourth-order valence-corrected chi connectivity index (χ4v) is 1.95. The van der Waals surface area contributed by atoms with Crippen LogP contribution < -0.4 is 5.32 Å². The van der Waals surface area contributed by atoms with Gasteiger partial charge in [0.2, 0.25) is 0 Å². The third-order valence-electron chi connectivity index (χ3n) is 2.97. The van der Waals surface area contributed by atoms with Gasteiger partial charge in [-0.1, -0.05) is 6.07 Å². The Morgan fingerprint density at radius 1 is 1.29 bits per heavy atom.